The summed E-state index contributed by atoms with van der Waals surface area (Å²) in [5, 5.41) is 6.49. The zero-order valence-electron chi connectivity index (χ0n) is 12.5. The number of aryl methyl sites for hydroxylation is 1. The van der Waals surface area contributed by atoms with Gasteiger partial charge in [0.25, 0.3) is 0 Å². The Morgan fingerprint density at radius 1 is 1.40 bits per heavy atom. The van der Waals surface area contributed by atoms with E-state index in [2.05, 4.69) is 23.6 Å². The first-order chi connectivity index (χ1) is 9.01. The lowest BCUT2D eigenvalue weighted by atomic mass is 9.81. The molecule has 2 rings (SSSR count). The molecule has 2 N–H and O–H groups in total. The number of amides is 1. The van der Waals surface area contributed by atoms with Crippen LogP contribution >= 0.6 is 12.4 Å². The van der Waals surface area contributed by atoms with Crippen molar-refractivity contribution in [2.24, 2.45) is 0 Å². The summed E-state index contributed by atoms with van der Waals surface area (Å²) in [7, 11) is 0. The summed E-state index contributed by atoms with van der Waals surface area (Å²) in [6.45, 7) is 7.85. The molecule has 1 saturated heterocycles. The van der Waals surface area contributed by atoms with Crippen molar-refractivity contribution in [1.82, 2.24) is 10.6 Å². The van der Waals surface area contributed by atoms with Crippen LogP contribution in [0.4, 0.5) is 0 Å². The van der Waals surface area contributed by atoms with E-state index in [0.29, 0.717) is 6.04 Å². The van der Waals surface area contributed by atoms with Crippen LogP contribution in [-0.2, 0) is 10.2 Å². The summed E-state index contributed by atoms with van der Waals surface area (Å²) in [4.78, 5) is 12.4. The van der Waals surface area contributed by atoms with Crippen LogP contribution in [0.1, 0.15) is 37.8 Å². The van der Waals surface area contributed by atoms with E-state index >= 15 is 0 Å². The Balaban J connectivity index is 0.00000200. The molecule has 112 valence electrons. The Morgan fingerprint density at radius 2 is 2.10 bits per heavy atom. The molecule has 0 saturated carbocycles. The maximum absolute atomic E-state index is 12.4. The number of halogens is 1. The summed E-state index contributed by atoms with van der Waals surface area (Å²) in [5.74, 6) is 0.107. The van der Waals surface area contributed by atoms with Crippen LogP contribution in [0, 0.1) is 6.92 Å². The van der Waals surface area contributed by atoms with Gasteiger partial charge in [0, 0.05) is 12.6 Å². The van der Waals surface area contributed by atoms with Crippen LogP contribution < -0.4 is 10.6 Å². The zero-order chi connectivity index (χ0) is 13.9. The van der Waals surface area contributed by atoms with Gasteiger partial charge in [-0.15, -0.1) is 12.4 Å². The van der Waals surface area contributed by atoms with Crippen LogP contribution in [0.15, 0.2) is 24.3 Å². The minimum absolute atomic E-state index is 0. The van der Waals surface area contributed by atoms with Gasteiger partial charge < -0.3 is 10.6 Å². The average Bonchev–Trinajstić information content (AvgIpc) is 2.89. The van der Waals surface area contributed by atoms with E-state index in [0.717, 1.165) is 25.1 Å². The van der Waals surface area contributed by atoms with Crippen molar-refractivity contribution < 1.29 is 4.79 Å². The number of rotatable bonds is 4. The highest BCUT2D eigenvalue weighted by molar-refractivity contribution is 5.87. The van der Waals surface area contributed by atoms with Crippen molar-refractivity contribution in [2.45, 2.75) is 45.1 Å². The monoisotopic (exact) mass is 296 g/mol. The molecule has 20 heavy (non-hydrogen) atoms. The van der Waals surface area contributed by atoms with Crippen molar-refractivity contribution in [2.75, 3.05) is 13.1 Å². The molecule has 1 heterocycles. The van der Waals surface area contributed by atoms with Crippen LogP contribution in [0.3, 0.4) is 0 Å². The van der Waals surface area contributed by atoms with Gasteiger partial charge in [-0.05, 0) is 51.3 Å². The first-order valence-corrected chi connectivity index (χ1v) is 7.09. The van der Waals surface area contributed by atoms with Crippen molar-refractivity contribution in [3.63, 3.8) is 0 Å². The molecule has 1 aliphatic heterocycles. The van der Waals surface area contributed by atoms with Crippen LogP contribution in [0.25, 0.3) is 0 Å². The molecule has 1 atom stereocenters. The molecule has 1 amide bonds. The van der Waals surface area contributed by atoms with Crippen LogP contribution in [0.5, 0.6) is 0 Å². The SMILES string of the molecule is Cc1ccccc1C(C)(C)C(=O)NCC1CCCN1.Cl. The summed E-state index contributed by atoms with van der Waals surface area (Å²) >= 11 is 0. The lowest BCUT2D eigenvalue weighted by Crippen LogP contribution is -2.45. The van der Waals surface area contributed by atoms with Crippen LogP contribution in [0.2, 0.25) is 0 Å². The van der Waals surface area contributed by atoms with Crippen molar-refractivity contribution in [1.29, 1.82) is 0 Å². The number of nitrogens with one attached hydrogen (secondary N) is 2. The quantitative estimate of drug-likeness (QED) is 0.896. The Morgan fingerprint density at radius 3 is 2.70 bits per heavy atom. The first kappa shape index (κ1) is 17.0. The fourth-order valence-electron chi connectivity index (χ4n) is 2.76. The Labute approximate surface area is 127 Å². The Hall–Kier alpha value is -1.06. The van der Waals surface area contributed by atoms with E-state index in [1.54, 1.807) is 0 Å². The van der Waals surface area contributed by atoms with Crippen molar-refractivity contribution in [3.05, 3.63) is 35.4 Å². The van der Waals surface area contributed by atoms with E-state index in [-0.39, 0.29) is 18.3 Å². The summed E-state index contributed by atoms with van der Waals surface area (Å²) in [6, 6.07) is 8.55. The van der Waals surface area contributed by atoms with Gasteiger partial charge in [0.1, 0.15) is 0 Å². The standard InChI is InChI=1S/C16H24N2O.ClH/c1-12-7-4-5-9-14(12)16(2,3)15(19)18-11-13-8-6-10-17-13;/h4-5,7,9,13,17H,6,8,10-11H2,1-3H3,(H,18,19);1H. The van der Waals surface area contributed by atoms with Crippen molar-refractivity contribution >= 4 is 18.3 Å². The third kappa shape index (κ3) is 3.74. The molecule has 1 aromatic rings. The second-order valence-electron chi connectivity index (χ2n) is 5.94. The first-order valence-electron chi connectivity index (χ1n) is 7.09. The molecule has 1 unspecified atom stereocenters. The van der Waals surface area contributed by atoms with E-state index in [1.165, 1.54) is 12.0 Å². The minimum Gasteiger partial charge on any atom is -0.354 e. The fourth-order valence-corrected chi connectivity index (χ4v) is 2.76. The van der Waals surface area contributed by atoms with E-state index in [9.17, 15) is 4.79 Å². The Bertz CT molecular complexity index is 454. The number of hydrogen-bond donors (Lipinski definition) is 2. The molecular formula is C16H25ClN2O. The normalized spacial score (nSPS) is 18.4. The molecule has 0 bridgehead atoms. The number of benzene rings is 1. The largest absolute Gasteiger partial charge is 0.354 e. The van der Waals surface area contributed by atoms with Gasteiger partial charge in [0.15, 0.2) is 0 Å². The van der Waals surface area contributed by atoms with E-state index in [1.807, 2.05) is 32.0 Å². The number of carbonyl (C=O) groups excluding carboxylic acids is 1. The number of hydrogen-bond acceptors (Lipinski definition) is 2. The smallest absolute Gasteiger partial charge is 0.230 e. The maximum Gasteiger partial charge on any atom is 0.230 e. The van der Waals surface area contributed by atoms with Gasteiger partial charge in [0.05, 0.1) is 5.41 Å². The Kier molecular flexibility index (Phi) is 6.03. The van der Waals surface area contributed by atoms with Gasteiger partial charge in [-0.2, -0.15) is 0 Å². The van der Waals surface area contributed by atoms with Crippen molar-refractivity contribution in [3.8, 4) is 0 Å². The minimum atomic E-state index is -0.482. The highest BCUT2D eigenvalue weighted by atomic mass is 35.5. The lowest BCUT2D eigenvalue weighted by molar-refractivity contribution is -0.125. The summed E-state index contributed by atoms with van der Waals surface area (Å²) in [5.41, 5.74) is 1.79. The van der Waals surface area contributed by atoms with E-state index in [4.69, 9.17) is 0 Å². The topological polar surface area (TPSA) is 41.1 Å². The van der Waals surface area contributed by atoms with Gasteiger partial charge >= 0.3 is 0 Å². The highest BCUT2D eigenvalue weighted by Crippen LogP contribution is 2.26. The molecule has 1 aromatic carbocycles. The molecule has 1 fully saturated rings. The summed E-state index contributed by atoms with van der Waals surface area (Å²) < 4.78 is 0. The molecular weight excluding hydrogens is 272 g/mol. The predicted octanol–water partition coefficient (Wildman–Crippen LogP) is 2.56. The average molecular weight is 297 g/mol. The summed E-state index contributed by atoms with van der Waals surface area (Å²) in [6.07, 6.45) is 2.37. The highest BCUT2D eigenvalue weighted by Gasteiger charge is 2.31. The molecule has 0 aliphatic carbocycles. The molecule has 0 spiro atoms. The van der Waals surface area contributed by atoms with Gasteiger partial charge in [0.2, 0.25) is 5.91 Å². The molecule has 4 heteroatoms. The zero-order valence-corrected chi connectivity index (χ0v) is 13.3. The molecule has 1 aliphatic rings. The van der Waals surface area contributed by atoms with Gasteiger partial charge in [-0.3, -0.25) is 4.79 Å². The third-order valence-electron chi connectivity index (χ3n) is 4.06. The second kappa shape index (κ2) is 7.09. The number of carbonyl (C=O) groups is 1. The molecule has 0 aromatic heterocycles. The fraction of sp³-hybridized carbons (Fsp3) is 0.562. The molecule has 0 radical (unpaired) electrons. The van der Waals surface area contributed by atoms with Gasteiger partial charge in [-0.1, -0.05) is 24.3 Å². The van der Waals surface area contributed by atoms with E-state index < -0.39 is 5.41 Å². The van der Waals surface area contributed by atoms with Gasteiger partial charge in [-0.25, -0.2) is 0 Å². The third-order valence-corrected chi connectivity index (χ3v) is 4.06. The molecule has 3 nitrogen and oxygen atoms in total. The second-order valence-corrected chi connectivity index (χ2v) is 5.94. The van der Waals surface area contributed by atoms with Crippen LogP contribution in [-0.4, -0.2) is 25.0 Å². The predicted molar refractivity (Wildman–Crippen MR) is 85.5 cm³/mol. The maximum atomic E-state index is 12.4. The lowest BCUT2D eigenvalue weighted by Gasteiger charge is -2.26.